The van der Waals surface area contributed by atoms with Crippen LogP contribution in [0.3, 0.4) is 0 Å². The summed E-state index contributed by atoms with van der Waals surface area (Å²) >= 11 is 0. The fourth-order valence-electron chi connectivity index (χ4n) is 3.80. The van der Waals surface area contributed by atoms with Crippen LogP contribution < -0.4 is 32.3 Å². The second-order valence-electron chi connectivity index (χ2n) is 11.9. The van der Waals surface area contributed by atoms with Gasteiger partial charge in [-0.3, -0.25) is 14.4 Å². The van der Waals surface area contributed by atoms with Gasteiger partial charge in [0.2, 0.25) is 11.8 Å². The molecule has 1 aromatic carbocycles. The molecule has 0 saturated carbocycles. The van der Waals surface area contributed by atoms with Gasteiger partial charge in [-0.15, -0.1) is 0 Å². The number of methoxy groups -OCH3 is 1. The van der Waals surface area contributed by atoms with Crippen molar-refractivity contribution in [1.29, 1.82) is 0 Å². The van der Waals surface area contributed by atoms with E-state index in [1.807, 2.05) is 27.7 Å². The Balaban J connectivity index is 2.57. The summed E-state index contributed by atoms with van der Waals surface area (Å²) < 4.78 is 15.7. The van der Waals surface area contributed by atoms with Crippen LogP contribution in [0.1, 0.15) is 73.3 Å². The minimum absolute atomic E-state index is 0.0665. The van der Waals surface area contributed by atoms with E-state index in [2.05, 4.69) is 31.3 Å². The summed E-state index contributed by atoms with van der Waals surface area (Å²) in [4.78, 5) is 61.2. The third-order valence-electron chi connectivity index (χ3n) is 6.56. The number of hydrogen-bond donors (Lipinski definition) is 6. The number of benzene rings is 1. The largest absolute Gasteiger partial charge is 0.453 e. The van der Waals surface area contributed by atoms with Crippen molar-refractivity contribution in [1.82, 2.24) is 21.3 Å². The smallest absolute Gasteiger partial charge is 0.407 e. The Morgan fingerprint density at radius 3 is 2.11 bits per heavy atom. The first-order valence-electron chi connectivity index (χ1n) is 14.6. The monoisotopic (exact) mass is 622 g/mol. The fraction of sp³-hybridized carbons (Fsp3) is 0.633. The van der Waals surface area contributed by atoms with Crippen LogP contribution in [0.25, 0.3) is 0 Å². The van der Waals surface area contributed by atoms with Gasteiger partial charge in [-0.2, -0.15) is 0 Å². The van der Waals surface area contributed by atoms with E-state index in [9.17, 15) is 24.0 Å². The summed E-state index contributed by atoms with van der Waals surface area (Å²) in [6.07, 6.45) is -1.40. The van der Waals surface area contributed by atoms with Crippen molar-refractivity contribution in [3.8, 4) is 0 Å². The van der Waals surface area contributed by atoms with Gasteiger partial charge in [0.1, 0.15) is 12.6 Å². The average molecular weight is 623 g/mol. The second-order valence-corrected chi connectivity index (χ2v) is 11.9. The summed E-state index contributed by atoms with van der Waals surface area (Å²) in [5.41, 5.74) is 5.91. The molecule has 0 aromatic heterocycles. The van der Waals surface area contributed by atoms with Crippen molar-refractivity contribution >= 4 is 35.6 Å². The highest BCUT2D eigenvalue weighted by atomic mass is 16.5. The molecule has 248 valence electrons. The van der Waals surface area contributed by atoms with Gasteiger partial charge < -0.3 is 46.5 Å². The van der Waals surface area contributed by atoms with Crippen molar-refractivity contribution in [2.24, 2.45) is 11.7 Å². The Morgan fingerprint density at radius 2 is 1.55 bits per heavy atom. The van der Waals surface area contributed by atoms with Crippen LogP contribution in [0.5, 0.6) is 0 Å². The number of carbonyl (C=O) groups is 5. The molecule has 0 saturated heterocycles. The van der Waals surface area contributed by atoms with Gasteiger partial charge in [0.15, 0.2) is 6.17 Å². The van der Waals surface area contributed by atoms with E-state index in [1.54, 1.807) is 45.0 Å². The van der Waals surface area contributed by atoms with E-state index in [-0.39, 0.29) is 24.9 Å². The Bertz CT molecular complexity index is 1110. The second kappa shape index (κ2) is 18.0. The zero-order valence-electron chi connectivity index (χ0n) is 27.1. The maximum Gasteiger partial charge on any atom is 0.407 e. The number of hydrogen-bond acceptors (Lipinski definition) is 9. The number of carbonyl (C=O) groups excluding carboxylic acids is 5. The molecule has 2 atom stereocenters. The van der Waals surface area contributed by atoms with Crippen LogP contribution in [-0.2, 0) is 35.2 Å². The SMILES string of the molecule is CCNC(=O)OCc1ccc(NC(=O)C(N)NC(=O)[C@@H](NC(=O)CCC(C)(C)OCCC(C)(C)NC(=O)OC)C(C)C)cc1. The molecule has 1 aromatic rings. The molecule has 0 bridgehead atoms. The molecule has 1 rings (SSSR count). The van der Waals surface area contributed by atoms with Crippen molar-refractivity contribution < 1.29 is 38.2 Å². The Kier molecular flexibility index (Phi) is 15.6. The lowest BCUT2D eigenvalue weighted by molar-refractivity contribution is -0.132. The molecule has 0 spiro atoms. The molecule has 0 aliphatic carbocycles. The standard InChI is InChI=1S/C30H50N6O8/c1-9-32-27(40)43-18-20-10-12-21(13-11-20)33-26(39)24(31)35-25(38)23(19(2)3)34-22(37)14-15-30(6,7)44-17-16-29(4,5)36-28(41)42-8/h10-13,19,23-24H,9,14-18,31H2,1-8H3,(H,32,40)(H,33,39)(H,34,37)(H,35,38)(H,36,41)/t23-,24?/m0/s1. The first kappa shape index (κ1) is 38.1. The van der Waals surface area contributed by atoms with Crippen molar-refractivity contribution in [3.63, 3.8) is 0 Å². The number of alkyl carbamates (subject to hydrolysis) is 2. The Hall–Kier alpha value is -3.91. The summed E-state index contributed by atoms with van der Waals surface area (Å²) in [5.74, 6) is -1.87. The Morgan fingerprint density at radius 1 is 0.909 bits per heavy atom. The van der Waals surface area contributed by atoms with Crippen molar-refractivity contribution in [2.75, 3.05) is 25.6 Å². The molecular formula is C30H50N6O8. The predicted molar refractivity (Wildman–Crippen MR) is 165 cm³/mol. The number of nitrogens with two attached hydrogens (primary N) is 1. The van der Waals surface area contributed by atoms with Crippen LogP contribution in [0, 0.1) is 5.92 Å². The van der Waals surface area contributed by atoms with Crippen LogP contribution in [0.4, 0.5) is 15.3 Å². The van der Waals surface area contributed by atoms with Crippen LogP contribution in [0.15, 0.2) is 24.3 Å². The molecule has 7 N–H and O–H groups in total. The highest BCUT2D eigenvalue weighted by Crippen LogP contribution is 2.19. The van der Waals surface area contributed by atoms with Gasteiger partial charge in [-0.1, -0.05) is 26.0 Å². The van der Waals surface area contributed by atoms with E-state index >= 15 is 0 Å². The van der Waals surface area contributed by atoms with Gasteiger partial charge in [-0.05, 0) is 71.1 Å². The minimum atomic E-state index is -1.37. The first-order valence-corrected chi connectivity index (χ1v) is 14.6. The zero-order chi connectivity index (χ0) is 33.5. The fourth-order valence-corrected chi connectivity index (χ4v) is 3.80. The molecular weight excluding hydrogens is 572 g/mol. The van der Waals surface area contributed by atoms with Crippen molar-refractivity contribution in [3.05, 3.63) is 29.8 Å². The number of rotatable bonds is 17. The normalized spacial score (nSPS) is 12.9. The highest BCUT2D eigenvalue weighted by molar-refractivity contribution is 5.98. The van der Waals surface area contributed by atoms with Crippen LogP contribution >= 0.6 is 0 Å². The third kappa shape index (κ3) is 15.0. The molecule has 1 unspecified atom stereocenters. The lowest BCUT2D eigenvalue weighted by Gasteiger charge is -2.30. The quantitative estimate of drug-likeness (QED) is 0.141. The molecule has 44 heavy (non-hydrogen) atoms. The zero-order valence-corrected chi connectivity index (χ0v) is 27.1. The first-order chi connectivity index (χ1) is 20.5. The van der Waals surface area contributed by atoms with E-state index in [0.29, 0.717) is 37.2 Å². The van der Waals surface area contributed by atoms with Gasteiger partial charge in [-0.25, -0.2) is 9.59 Å². The maximum absolute atomic E-state index is 12.9. The summed E-state index contributed by atoms with van der Waals surface area (Å²) in [5, 5.41) is 13.1. The number of ether oxygens (including phenoxy) is 3. The van der Waals surface area contributed by atoms with Gasteiger partial charge in [0.05, 0.1) is 12.7 Å². The molecule has 0 heterocycles. The average Bonchev–Trinajstić information content (AvgIpc) is 2.93. The van der Waals surface area contributed by atoms with E-state index in [1.165, 1.54) is 7.11 Å². The molecule has 5 amide bonds. The number of nitrogens with one attached hydrogen (secondary N) is 5. The van der Waals surface area contributed by atoms with Crippen LogP contribution in [-0.4, -0.2) is 73.5 Å². The minimum Gasteiger partial charge on any atom is -0.453 e. The molecule has 14 heteroatoms. The molecule has 0 aliphatic heterocycles. The lowest BCUT2D eigenvalue weighted by Crippen LogP contribution is -2.57. The molecule has 0 fully saturated rings. The molecule has 0 radical (unpaired) electrons. The van der Waals surface area contributed by atoms with Gasteiger partial charge in [0.25, 0.3) is 5.91 Å². The maximum atomic E-state index is 12.9. The van der Waals surface area contributed by atoms with E-state index < -0.39 is 47.3 Å². The topological polar surface area (TPSA) is 199 Å². The summed E-state index contributed by atoms with van der Waals surface area (Å²) in [6.45, 7) is 13.6. The summed E-state index contributed by atoms with van der Waals surface area (Å²) in [7, 11) is 1.30. The van der Waals surface area contributed by atoms with Crippen molar-refractivity contribution in [2.45, 2.75) is 97.7 Å². The van der Waals surface area contributed by atoms with Gasteiger partial charge in [0, 0.05) is 30.8 Å². The predicted octanol–water partition coefficient (Wildman–Crippen LogP) is 2.51. The van der Waals surface area contributed by atoms with E-state index in [0.717, 1.165) is 0 Å². The Labute approximate surface area is 259 Å². The third-order valence-corrected chi connectivity index (χ3v) is 6.56. The lowest BCUT2D eigenvalue weighted by atomic mass is 9.99. The molecule has 14 nitrogen and oxygen atoms in total. The van der Waals surface area contributed by atoms with Crippen LogP contribution in [0.2, 0.25) is 0 Å². The number of anilines is 1. The van der Waals surface area contributed by atoms with Gasteiger partial charge >= 0.3 is 12.2 Å². The summed E-state index contributed by atoms with van der Waals surface area (Å²) in [6, 6.07) is 5.67. The highest BCUT2D eigenvalue weighted by Gasteiger charge is 2.29. The molecule has 0 aliphatic rings. The number of amides is 5. The van der Waals surface area contributed by atoms with E-state index in [4.69, 9.17) is 15.2 Å².